The molecule has 0 N–H and O–H groups in total. The van der Waals surface area contributed by atoms with Gasteiger partial charge < -0.3 is 19.6 Å². The Morgan fingerprint density at radius 1 is 0.207 bits per heavy atom. The van der Waals surface area contributed by atoms with Crippen molar-refractivity contribution in [3.8, 4) is 0 Å². The second kappa shape index (κ2) is 29.0. The van der Waals surface area contributed by atoms with Gasteiger partial charge in [0.25, 0.3) is 0 Å². The van der Waals surface area contributed by atoms with Gasteiger partial charge in [-0.3, -0.25) is 19.9 Å². The van der Waals surface area contributed by atoms with Crippen molar-refractivity contribution in [2.24, 2.45) is 0 Å². The van der Waals surface area contributed by atoms with E-state index in [1.165, 1.54) is 0 Å². The van der Waals surface area contributed by atoms with Crippen LogP contribution in [0.2, 0.25) is 0 Å². The minimum Gasteiger partial charge on any atom is -0.309 e. The molecule has 0 radical (unpaired) electrons. The van der Waals surface area contributed by atoms with Crippen LogP contribution in [0.25, 0.3) is 120 Å². The SMILES string of the molecule is CCc1cc2ncncc2cc1N(c1cc2cncnc2cc1CC)c1cc(N(c2cc3cncnc3cc2CC)c2cc3cnccc3nc2CC)c2ccc3c(N(c4cc5cncnc5cc4CC)c4cc5cnccc5nc4CC)cc(N(c4cc5cncnc5cc4CC)c4cc5cncnc5cc4CC)c4ccc1c2c43. The molecule has 20 aromatic rings. The molecule has 0 fully saturated rings. The zero-order chi connectivity index (χ0) is 78.4. The number of anilines is 12. The highest BCUT2D eigenvalue weighted by molar-refractivity contribution is 6.33. The predicted octanol–water partition coefficient (Wildman–Crippen LogP) is 22.5. The number of aryl methyl sites for hydroxylation is 8. The highest BCUT2D eigenvalue weighted by atomic mass is 15.2. The average Bonchev–Trinajstić information content (AvgIpc) is 0.693. The smallest absolute Gasteiger partial charge is 0.116 e. The maximum Gasteiger partial charge on any atom is 0.116 e. The Morgan fingerprint density at radius 2 is 0.422 bits per heavy atom. The fraction of sp³-hybridized carbons (Fsp3) is 0.167. The summed E-state index contributed by atoms with van der Waals surface area (Å²) in [6, 6.07) is 50.1. The van der Waals surface area contributed by atoms with Crippen molar-refractivity contribution in [2.75, 3.05) is 19.6 Å². The van der Waals surface area contributed by atoms with Gasteiger partial charge in [-0.15, -0.1) is 0 Å². The molecule has 0 saturated carbocycles. The topological polar surface area (TPSA) is 219 Å². The van der Waals surface area contributed by atoms with Gasteiger partial charge in [-0.25, -0.2) is 59.8 Å². The fourth-order valence-electron chi connectivity index (χ4n) is 17.5. The third-order valence-electron chi connectivity index (χ3n) is 23.2. The molecule has 0 aliphatic rings. The standard InChI is InChI=1S/C96H78N20/c1-9-55-25-77-63(43-99-49-105-77)31-83(55)113(84-32-64-44-100-50-106-78(64)26-56(84)10-2)89-39-91(115(87-35-67-47-103-53-109-81(67)29-59(87)13-5)93-37-61-41-97-23-21-75(61)111-73(93)15-7)71-19-20-72-92(116(88-36-68-48-104-54-110-82(68)30-60(88)14-6)94-38-62-42-98-24-22-76(62)112-74(94)16-8)40-90(70-18-17-69(89)95(71)96(70)72)114(85-33-65-45-101-51-107-79(65)27-57(85)11-3)86-34-66-46-102-52-108-80(66)28-58(86)12-4/h17-54H,9-16H2,1-8H3. The van der Waals surface area contributed by atoms with Gasteiger partial charge in [-0.2, -0.15) is 0 Å². The molecule has 0 aliphatic heterocycles. The van der Waals surface area contributed by atoms with E-state index in [1.807, 2.05) is 74.1 Å². The predicted molar refractivity (Wildman–Crippen MR) is 469 cm³/mol. The Labute approximate surface area is 668 Å². The zero-order valence-corrected chi connectivity index (χ0v) is 65.5. The Hall–Kier alpha value is -14.4. The van der Waals surface area contributed by atoms with Crippen molar-refractivity contribution in [2.45, 2.75) is 107 Å². The highest BCUT2D eigenvalue weighted by Crippen LogP contribution is 2.58. The van der Waals surface area contributed by atoms with Gasteiger partial charge in [0.2, 0.25) is 0 Å². The van der Waals surface area contributed by atoms with E-state index >= 15 is 0 Å². The maximum absolute atomic E-state index is 5.63. The lowest BCUT2D eigenvalue weighted by Gasteiger charge is -2.37. The van der Waals surface area contributed by atoms with E-state index in [4.69, 9.17) is 79.7 Å². The van der Waals surface area contributed by atoms with Gasteiger partial charge >= 0.3 is 0 Å². The summed E-state index contributed by atoms with van der Waals surface area (Å²) in [5.41, 5.74) is 26.3. The average molecular weight is 1510 g/mol. The maximum atomic E-state index is 5.63. The highest BCUT2D eigenvalue weighted by Gasteiger charge is 2.34. The van der Waals surface area contributed by atoms with Crippen LogP contribution in [0.15, 0.2) is 233 Å². The summed E-state index contributed by atoms with van der Waals surface area (Å²) >= 11 is 0. The molecule has 0 spiro atoms. The van der Waals surface area contributed by atoms with Crippen molar-refractivity contribution in [1.29, 1.82) is 0 Å². The molecule has 0 aliphatic carbocycles. The number of benzene rings is 10. The van der Waals surface area contributed by atoms with Crippen LogP contribution < -0.4 is 19.6 Å². The van der Waals surface area contributed by atoms with Crippen molar-refractivity contribution in [3.63, 3.8) is 0 Å². The molecule has 0 bridgehead atoms. The number of hydrogen-bond acceptors (Lipinski definition) is 20. The Kier molecular flexibility index (Phi) is 17.7. The lowest BCUT2D eigenvalue weighted by molar-refractivity contribution is 1.03. The fourth-order valence-corrected chi connectivity index (χ4v) is 17.5. The van der Waals surface area contributed by atoms with E-state index in [1.54, 1.807) is 38.0 Å². The molecule has 20 nitrogen and oxygen atoms in total. The normalized spacial score (nSPS) is 11.9. The van der Waals surface area contributed by atoms with Gasteiger partial charge in [0.1, 0.15) is 38.0 Å². The molecule has 0 atom stereocenters. The summed E-state index contributed by atoms with van der Waals surface area (Å²) < 4.78 is 0. The second-order valence-corrected chi connectivity index (χ2v) is 29.5. The summed E-state index contributed by atoms with van der Waals surface area (Å²) in [4.78, 5) is 88.6. The van der Waals surface area contributed by atoms with Crippen LogP contribution in [0.4, 0.5) is 68.2 Å². The van der Waals surface area contributed by atoms with E-state index in [9.17, 15) is 0 Å². The first-order chi connectivity index (χ1) is 57.1. The van der Waals surface area contributed by atoms with Crippen LogP contribution >= 0.6 is 0 Å². The summed E-state index contributed by atoms with van der Waals surface area (Å²) in [5, 5.41) is 13.1. The van der Waals surface area contributed by atoms with Crippen LogP contribution in [0.3, 0.4) is 0 Å². The van der Waals surface area contributed by atoms with E-state index in [0.29, 0.717) is 51.4 Å². The van der Waals surface area contributed by atoms with Crippen molar-refractivity contribution in [3.05, 3.63) is 278 Å². The number of aromatic nitrogens is 16. The van der Waals surface area contributed by atoms with Gasteiger partial charge in [0.05, 0.1) is 124 Å². The molecule has 20 rings (SSSR count). The van der Waals surface area contributed by atoms with Gasteiger partial charge in [-0.05, 0) is 194 Å². The number of hydrogen-bond donors (Lipinski definition) is 0. The molecule has 0 unspecified atom stereocenters. The molecule has 0 saturated heterocycles. The van der Waals surface area contributed by atoms with Crippen molar-refractivity contribution < 1.29 is 0 Å². The van der Waals surface area contributed by atoms with Crippen LogP contribution in [-0.2, 0) is 51.4 Å². The molecular formula is C96H78N20. The van der Waals surface area contributed by atoms with Crippen molar-refractivity contribution >= 4 is 188 Å². The van der Waals surface area contributed by atoms with Gasteiger partial charge in [0.15, 0.2) is 0 Å². The summed E-state index contributed by atoms with van der Waals surface area (Å²) in [5.74, 6) is 0. The third-order valence-corrected chi connectivity index (χ3v) is 23.2. The van der Waals surface area contributed by atoms with E-state index < -0.39 is 0 Å². The molecule has 10 aromatic heterocycles. The quantitative estimate of drug-likeness (QED) is 0.0648. The summed E-state index contributed by atoms with van der Waals surface area (Å²) in [6.07, 6.45) is 34.1. The van der Waals surface area contributed by atoms with Crippen molar-refractivity contribution in [1.82, 2.24) is 79.7 Å². The van der Waals surface area contributed by atoms with E-state index in [2.05, 4.69) is 196 Å². The molecule has 10 heterocycles. The molecule has 0 amide bonds. The second-order valence-electron chi connectivity index (χ2n) is 29.5. The van der Waals surface area contributed by atoms with E-state index in [0.717, 1.165) is 233 Å². The molecular weight excluding hydrogens is 1430 g/mol. The lowest BCUT2D eigenvalue weighted by atomic mass is 9.88. The van der Waals surface area contributed by atoms with Crippen LogP contribution in [0, 0.1) is 0 Å². The van der Waals surface area contributed by atoms with Crippen LogP contribution in [0.5, 0.6) is 0 Å². The third kappa shape index (κ3) is 11.7. The minimum absolute atomic E-state index is 0.602. The van der Waals surface area contributed by atoms with Crippen LogP contribution in [-0.4, -0.2) is 79.7 Å². The Bertz CT molecular complexity index is 6150. The van der Waals surface area contributed by atoms with Gasteiger partial charge in [0, 0.05) is 137 Å². The first-order valence-corrected chi connectivity index (χ1v) is 39.9. The number of nitrogens with zero attached hydrogens (tertiary/aromatic N) is 20. The summed E-state index contributed by atoms with van der Waals surface area (Å²) in [7, 11) is 0. The largest absolute Gasteiger partial charge is 0.309 e. The van der Waals surface area contributed by atoms with E-state index in [-0.39, 0.29) is 0 Å². The molecule has 562 valence electrons. The molecule has 10 aromatic carbocycles. The Morgan fingerprint density at radius 3 is 0.655 bits per heavy atom. The molecule has 116 heavy (non-hydrogen) atoms. The first-order valence-electron chi connectivity index (χ1n) is 39.9. The van der Waals surface area contributed by atoms with Gasteiger partial charge in [-0.1, -0.05) is 79.7 Å². The monoisotopic (exact) mass is 1510 g/mol. The Balaban J connectivity index is 1.04. The lowest BCUT2D eigenvalue weighted by Crippen LogP contribution is -2.19. The number of pyridine rings is 4. The molecule has 20 heteroatoms. The minimum atomic E-state index is 0.602. The zero-order valence-electron chi connectivity index (χ0n) is 65.5. The first kappa shape index (κ1) is 70.7. The van der Waals surface area contributed by atoms with Crippen LogP contribution in [0.1, 0.15) is 100 Å². The summed E-state index contributed by atoms with van der Waals surface area (Å²) in [6.45, 7) is 17.8. The number of rotatable bonds is 20. The number of fused-ring (bicyclic) bond motifs is 8.